The fourth-order valence-corrected chi connectivity index (χ4v) is 3.17. The van der Waals surface area contributed by atoms with Crippen molar-refractivity contribution >= 4 is 5.69 Å². The third-order valence-corrected chi connectivity index (χ3v) is 4.37. The molecular weight excluding hydrogens is 280 g/mol. The molecule has 0 saturated carbocycles. The van der Waals surface area contributed by atoms with Gasteiger partial charge in [-0.2, -0.15) is 0 Å². The summed E-state index contributed by atoms with van der Waals surface area (Å²) < 4.78 is 11.0. The van der Waals surface area contributed by atoms with Gasteiger partial charge in [-0.25, -0.2) is 0 Å². The second kappa shape index (κ2) is 7.70. The number of nitrogens with two attached hydrogens (primary N) is 1. The molecule has 0 amide bonds. The van der Waals surface area contributed by atoms with Gasteiger partial charge in [-0.1, -0.05) is 6.92 Å². The quantitative estimate of drug-likeness (QED) is 0.786. The summed E-state index contributed by atoms with van der Waals surface area (Å²) in [6.45, 7) is 7.59. The lowest BCUT2D eigenvalue weighted by Crippen LogP contribution is -2.43. The van der Waals surface area contributed by atoms with E-state index in [1.807, 2.05) is 19.1 Å². The molecule has 3 N–H and O–H groups in total. The number of aliphatic hydroxyl groups is 1. The predicted octanol–water partition coefficient (Wildman–Crippen LogP) is 1.92. The van der Waals surface area contributed by atoms with E-state index < -0.39 is 0 Å². The highest BCUT2D eigenvalue weighted by molar-refractivity contribution is 5.62. The Balaban J connectivity index is 2.17. The molecule has 2 rings (SSSR count). The minimum absolute atomic E-state index is 0.232. The highest BCUT2D eigenvalue weighted by atomic mass is 16.5. The van der Waals surface area contributed by atoms with E-state index in [2.05, 4.69) is 11.8 Å². The van der Waals surface area contributed by atoms with Crippen LogP contribution in [-0.2, 0) is 6.42 Å². The van der Waals surface area contributed by atoms with Crippen molar-refractivity contribution in [3.8, 4) is 11.5 Å². The van der Waals surface area contributed by atoms with E-state index >= 15 is 0 Å². The maximum Gasteiger partial charge on any atom is 0.183 e. The third-order valence-electron chi connectivity index (χ3n) is 4.37. The monoisotopic (exact) mass is 308 g/mol. The van der Waals surface area contributed by atoms with Gasteiger partial charge in [-0.05, 0) is 44.0 Å². The molecule has 5 heteroatoms. The molecule has 1 aromatic carbocycles. The van der Waals surface area contributed by atoms with Crippen molar-refractivity contribution in [1.82, 2.24) is 4.90 Å². The van der Waals surface area contributed by atoms with Crippen molar-refractivity contribution in [2.24, 2.45) is 5.92 Å². The van der Waals surface area contributed by atoms with Crippen LogP contribution in [-0.4, -0.2) is 49.5 Å². The minimum atomic E-state index is -0.248. The summed E-state index contributed by atoms with van der Waals surface area (Å²) in [5.74, 6) is 1.50. The summed E-state index contributed by atoms with van der Waals surface area (Å²) in [5, 5.41) is 10.3. The maximum absolute atomic E-state index is 10.3. The molecule has 1 aliphatic heterocycles. The van der Waals surface area contributed by atoms with Crippen LogP contribution in [0.4, 0.5) is 5.69 Å². The second-order valence-electron chi connectivity index (χ2n) is 5.86. The molecule has 0 radical (unpaired) electrons. The van der Waals surface area contributed by atoms with Crippen molar-refractivity contribution < 1.29 is 14.6 Å². The summed E-state index contributed by atoms with van der Waals surface area (Å²) in [6, 6.07) is 3.91. The molecule has 0 bridgehead atoms. The Bertz CT molecular complexity index is 493. The number of hydrogen-bond acceptors (Lipinski definition) is 5. The first-order valence-electron chi connectivity index (χ1n) is 8.08. The zero-order valence-corrected chi connectivity index (χ0v) is 13.8. The van der Waals surface area contributed by atoms with Gasteiger partial charge in [0.25, 0.3) is 0 Å². The van der Waals surface area contributed by atoms with Crippen molar-refractivity contribution in [2.45, 2.75) is 32.8 Å². The van der Waals surface area contributed by atoms with Crippen LogP contribution >= 0.6 is 0 Å². The fourth-order valence-electron chi connectivity index (χ4n) is 3.17. The standard InChI is InChI=1S/C17H28N2O3/c1-4-19-7-6-15(20)13(11-19)8-12-9-14(18)17(21-3)16(10-12)22-5-2/h9-10,13,15,20H,4-8,11,18H2,1-3H3. The lowest BCUT2D eigenvalue weighted by molar-refractivity contribution is 0.0290. The van der Waals surface area contributed by atoms with Crippen LogP contribution in [0.1, 0.15) is 25.8 Å². The molecule has 0 aromatic heterocycles. The number of piperidine rings is 1. The average molecular weight is 308 g/mol. The van der Waals surface area contributed by atoms with Gasteiger partial charge in [-0.3, -0.25) is 0 Å². The SMILES string of the molecule is CCOc1cc(CC2CN(CC)CCC2O)cc(N)c1OC. The van der Waals surface area contributed by atoms with E-state index in [1.54, 1.807) is 7.11 Å². The second-order valence-corrected chi connectivity index (χ2v) is 5.86. The van der Waals surface area contributed by atoms with Crippen molar-refractivity contribution in [2.75, 3.05) is 39.1 Å². The Morgan fingerprint density at radius 1 is 1.36 bits per heavy atom. The van der Waals surface area contributed by atoms with Gasteiger partial charge in [0.2, 0.25) is 0 Å². The van der Waals surface area contributed by atoms with Crippen LogP contribution in [0.2, 0.25) is 0 Å². The largest absolute Gasteiger partial charge is 0.491 e. The molecule has 1 heterocycles. The Hall–Kier alpha value is -1.46. The van der Waals surface area contributed by atoms with Gasteiger partial charge in [-0.15, -0.1) is 0 Å². The first-order chi connectivity index (χ1) is 10.6. The first kappa shape index (κ1) is 16.9. The van der Waals surface area contributed by atoms with Crippen LogP contribution in [0.15, 0.2) is 12.1 Å². The number of nitrogen functional groups attached to an aromatic ring is 1. The van der Waals surface area contributed by atoms with Crippen LogP contribution < -0.4 is 15.2 Å². The van der Waals surface area contributed by atoms with Gasteiger partial charge < -0.3 is 25.2 Å². The molecular formula is C17H28N2O3. The van der Waals surface area contributed by atoms with Crippen LogP contribution in [0, 0.1) is 5.92 Å². The zero-order valence-electron chi connectivity index (χ0n) is 13.8. The number of rotatable bonds is 6. The molecule has 0 aliphatic carbocycles. The molecule has 2 atom stereocenters. The van der Waals surface area contributed by atoms with E-state index in [0.717, 1.165) is 38.0 Å². The molecule has 0 spiro atoms. The van der Waals surface area contributed by atoms with Gasteiger partial charge in [0.15, 0.2) is 11.5 Å². The van der Waals surface area contributed by atoms with Crippen LogP contribution in [0.3, 0.4) is 0 Å². The number of hydrogen-bond donors (Lipinski definition) is 2. The summed E-state index contributed by atoms with van der Waals surface area (Å²) >= 11 is 0. The number of methoxy groups -OCH3 is 1. The number of aliphatic hydroxyl groups excluding tert-OH is 1. The summed E-state index contributed by atoms with van der Waals surface area (Å²) in [6.07, 6.45) is 1.38. The van der Waals surface area contributed by atoms with Gasteiger partial charge in [0, 0.05) is 19.0 Å². The molecule has 1 saturated heterocycles. The molecule has 22 heavy (non-hydrogen) atoms. The van der Waals surface area contributed by atoms with Crippen LogP contribution in [0.5, 0.6) is 11.5 Å². The van der Waals surface area contributed by atoms with Gasteiger partial charge >= 0.3 is 0 Å². The number of benzene rings is 1. The average Bonchev–Trinajstić information content (AvgIpc) is 2.50. The lowest BCUT2D eigenvalue weighted by atomic mass is 9.88. The molecule has 2 unspecified atom stereocenters. The Labute approximate surface area is 133 Å². The summed E-state index contributed by atoms with van der Waals surface area (Å²) in [7, 11) is 1.60. The first-order valence-corrected chi connectivity index (χ1v) is 8.08. The molecule has 1 fully saturated rings. The van der Waals surface area contributed by atoms with E-state index in [9.17, 15) is 5.11 Å². The zero-order chi connectivity index (χ0) is 16.1. The number of anilines is 1. The highest BCUT2D eigenvalue weighted by Crippen LogP contribution is 2.36. The van der Waals surface area contributed by atoms with E-state index in [4.69, 9.17) is 15.2 Å². The van der Waals surface area contributed by atoms with E-state index in [1.165, 1.54) is 0 Å². The molecule has 1 aromatic rings. The van der Waals surface area contributed by atoms with Crippen molar-refractivity contribution in [1.29, 1.82) is 0 Å². The number of nitrogens with zero attached hydrogens (tertiary/aromatic N) is 1. The van der Waals surface area contributed by atoms with E-state index in [0.29, 0.717) is 23.8 Å². The number of likely N-dealkylation sites (tertiary alicyclic amines) is 1. The maximum atomic E-state index is 10.3. The molecule has 5 nitrogen and oxygen atoms in total. The number of ether oxygens (including phenoxy) is 2. The topological polar surface area (TPSA) is 68.0 Å². The van der Waals surface area contributed by atoms with Gasteiger partial charge in [0.1, 0.15) is 0 Å². The highest BCUT2D eigenvalue weighted by Gasteiger charge is 2.27. The van der Waals surface area contributed by atoms with Gasteiger partial charge in [0.05, 0.1) is 25.5 Å². The fraction of sp³-hybridized carbons (Fsp3) is 0.647. The summed E-state index contributed by atoms with van der Waals surface area (Å²) in [4.78, 5) is 2.38. The minimum Gasteiger partial charge on any atom is -0.491 e. The Morgan fingerprint density at radius 2 is 2.14 bits per heavy atom. The predicted molar refractivity (Wildman–Crippen MR) is 88.5 cm³/mol. The molecule has 1 aliphatic rings. The van der Waals surface area contributed by atoms with Crippen molar-refractivity contribution in [3.63, 3.8) is 0 Å². The normalized spacial score (nSPS) is 22.5. The summed E-state index contributed by atoms with van der Waals surface area (Å²) in [5.41, 5.74) is 7.75. The molecule has 124 valence electrons. The smallest absolute Gasteiger partial charge is 0.183 e. The Kier molecular flexibility index (Phi) is 5.91. The van der Waals surface area contributed by atoms with Crippen molar-refractivity contribution in [3.05, 3.63) is 17.7 Å². The lowest BCUT2D eigenvalue weighted by Gasteiger charge is -2.35. The van der Waals surface area contributed by atoms with E-state index in [-0.39, 0.29) is 12.0 Å². The van der Waals surface area contributed by atoms with Crippen LogP contribution in [0.25, 0.3) is 0 Å². The Morgan fingerprint density at radius 3 is 2.77 bits per heavy atom. The third kappa shape index (κ3) is 3.84.